The second-order valence-corrected chi connectivity index (χ2v) is 8.62. The molecule has 162 valence electrons. The van der Waals surface area contributed by atoms with Crippen molar-refractivity contribution in [2.24, 2.45) is 5.92 Å². The summed E-state index contributed by atoms with van der Waals surface area (Å²) in [6.45, 7) is 4.80. The van der Waals surface area contributed by atoms with Gasteiger partial charge in [-0.05, 0) is 12.8 Å². The molecule has 1 fully saturated rings. The highest BCUT2D eigenvalue weighted by Gasteiger charge is 2.24. The van der Waals surface area contributed by atoms with Gasteiger partial charge in [-0.25, -0.2) is 0 Å². The van der Waals surface area contributed by atoms with Crippen molar-refractivity contribution in [3.8, 4) is 0 Å². The van der Waals surface area contributed by atoms with Crippen molar-refractivity contribution in [2.75, 3.05) is 26.4 Å². The van der Waals surface area contributed by atoms with Crippen LogP contribution in [0.4, 0.5) is 0 Å². The van der Waals surface area contributed by atoms with Gasteiger partial charge in [0.15, 0.2) is 0 Å². The average Bonchev–Trinajstić information content (AvgIpc) is 3.15. The summed E-state index contributed by atoms with van der Waals surface area (Å²) >= 11 is 0. The molecule has 27 heavy (non-hydrogen) atoms. The van der Waals surface area contributed by atoms with Crippen LogP contribution in [-0.4, -0.2) is 37.6 Å². The number of rotatable bonds is 20. The van der Waals surface area contributed by atoms with E-state index in [1.165, 1.54) is 103 Å². The Morgan fingerprint density at radius 2 is 1.22 bits per heavy atom. The first-order valence-corrected chi connectivity index (χ1v) is 12.2. The molecule has 0 amide bonds. The Hall–Kier alpha value is -0.120. The summed E-state index contributed by atoms with van der Waals surface area (Å²) in [5.41, 5.74) is 0. The van der Waals surface area contributed by atoms with Gasteiger partial charge in [0.1, 0.15) is 0 Å². The summed E-state index contributed by atoms with van der Waals surface area (Å²) in [6, 6.07) is 0. The van der Waals surface area contributed by atoms with E-state index in [2.05, 4.69) is 6.92 Å². The Morgan fingerprint density at radius 3 is 1.67 bits per heavy atom. The highest BCUT2D eigenvalue weighted by Crippen LogP contribution is 2.19. The molecule has 3 nitrogen and oxygen atoms in total. The standard InChI is InChI=1S/C24H48O3/c1-2-3-4-5-6-7-8-9-10-11-12-13-14-15-16-17-18-26-22-24-19-23(20-25)21-27-24/h23-25H,2-22H2,1H3/t23-,24-/m0/s1. The predicted octanol–water partition coefficient (Wildman–Crippen LogP) is 6.66. The van der Waals surface area contributed by atoms with E-state index in [1.54, 1.807) is 0 Å². The summed E-state index contributed by atoms with van der Waals surface area (Å²) in [4.78, 5) is 0. The number of hydrogen-bond donors (Lipinski definition) is 1. The lowest BCUT2D eigenvalue weighted by atomic mass is 10.0. The van der Waals surface area contributed by atoms with Crippen molar-refractivity contribution in [3.05, 3.63) is 0 Å². The van der Waals surface area contributed by atoms with Gasteiger partial charge in [-0.15, -0.1) is 0 Å². The first-order chi connectivity index (χ1) is 13.4. The van der Waals surface area contributed by atoms with E-state index in [4.69, 9.17) is 14.6 Å². The van der Waals surface area contributed by atoms with Gasteiger partial charge in [0.25, 0.3) is 0 Å². The minimum Gasteiger partial charge on any atom is -0.396 e. The summed E-state index contributed by atoms with van der Waals surface area (Å²) < 4.78 is 11.3. The van der Waals surface area contributed by atoms with Crippen LogP contribution in [0.3, 0.4) is 0 Å². The van der Waals surface area contributed by atoms with Crippen LogP contribution in [-0.2, 0) is 9.47 Å². The molecule has 0 saturated carbocycles. The van der Waals surface area contributed by atoms with Gasteiger partial charge < -0.3 is 14.6 Å². The lowest BCUT2D eigenvalue weighted by Crippen LogP contribution is -2.15. The summed E-state index contributed by atoms with van der Waals surface area (Å²) in [5, 5.41) is 9.09. The second-order valence-electron chi connectivity index (χ2n) is 8.62. The molecule has 0 aromatic carbocycles. The molecule has 1 saturated heterocycles. The molecule has 1 aliphatic rings. The first kappa shape index (κ1) is 24.9. The topological polar surface area (TPSA) is 38.7 Å². The van der Waals surface area contributed by atoms with Gasteiger partial charge >= 0.3 is 0 Å². The largest absolute Gasteiger partial charge is 0.396 e. The van der Waals surface area contributed by atoms with Gasteiger partial charge in [0.2, 0.25) is 0 Å². The summed E-state index contributed by atoms with van der Waals surface area (Å²) in [5.74, 6) is 0.328. The zero-order valence-electron chi connectivity index (χ0n) is 18.3. The molecule has 1 aliphatic heterocycles. The quantitative estimate of drug-likeness (QED) is 0.238. The van der Waals surface area contributed by atoms with Crippen LogP contribution < -0.4 is 0 Å². The van der Waals surface area contributed by atoms with Crippen molar-refractivity contribution >= 4 is 0 Å². The number of aliphatic hydroxyl groups is 1. The molecule has 2 atom stereocenters. The van der Waals surface area contributed by atoms with Crippen LogP contribution in [0.15, 0.2) is 0 Å². The average molecular weight is 385 g/mol. The van der Waals surface area contributed by atoms with Crippen LogP contribution in [0.1, 0.15) is 116 Å². The second kappa shape index (κ2) is 19.2. The van der Waals surface area contributed by atoms with E-state index >= 15 is 0 Å². The minimum absolute atomic E-state index is 0.211. The Balaban J connectivity index is 1.67. The Bertz CT molecular complexity index is 295. The van der Waals surface area contributed by atoms with Crippen LogP contribution in [0.2, 0.25) is 0 Å². The maximum atomic E-state index is 9.09. The molecule has 1 N–H and O–H groups in total. The van der Waals surface area contributed by atoms with Crippen LogP contribution in [0, 0.1) is 5.92 Å². The highest BCUT2D eigenvalue weighted by atomic mass is 16.5. The van der Waals surface area contributed by atoms with Gasteiger partial charge in [0, 0.05) is 19.1 Å². The van der Waals surface area contributed by atoms with Gasteiger partial charge in [-0.2, -0.15) is 0 Å². The molecule has 0 radical (unpaired) electrons. The molecule has 3 heteroatoms. The molecule has 0 spiro atoms. The fraction of sp³-hybridized carbons (Fsp3) is 1.00. The fourth-order valence-electron chi connectivity index (χ4n) is 3.99. The molecular formula is C24H48O3. The zero-order chi connectivity index (χ0) is 19.4. The van der Waals surface area contributed by atoms with Gasteiger partial charge in [0.05, 0.1) is 19.3 Å². The number of unbranched alkanes of at least 4 members (excludes halogenated alkanes) is 15. The smallest absolute Gasteiger partial charge is 0.0813 e. The predicted molar refractivity (Wildman–Crippen MR) is 115 cm³/mol. The Labute approximate surface area is 169 Å². The zero-order valence-corrected chi connectivity index (χ0v) is 18.3. The fourth-order valence-corrected chi connectivity index (χ4v) is 3.99. The molecule has 1 rings (SSSR count). The molecule has 0 unspecified atom stereocenters. The third-order valence-corrected chi connectivity index (χ3v) is 5.87. The van der Waals surface area contributed by atoms with Gasteiger partial charge in [-0.1, -0.05) is 103 Å². The Kier molecular flexibility index (Phi) is 17.7. The summed E-state index contributed by atoms with van der Waals surface area (Å²) in [7, 11) is 0. The third-order valence-electron chi connectivity index (χ3n) is 5.87. The molecule has 1 heterocycles. The van der Waals surface area contributed by atoms with E-state index in [9.17, 15) is 0 Å². The molecule has 0 aromatic rings. The normalized spacial score (nSPS) is 19.8. The maximum Gasteiger partial charge on any atom is 0.0813 e. The van der Waals surface area contributed by atoms with E-state index in [-0.39, 0.29) is 12.7 Å². The van der Waals surface area contributed by atoms with E-state index in [1.807, 2.05) is 0 Å². The van der Waals surface area contributed by atoms with E-state index < -0.39 is 0 Å². The van der Waals surface area contributed by atoms with E-state index in [0.29, 0.717) is 19.1 Å². The SMILES string of the molecule is CCCCCCCCCCCCCCCCCCOC[C@@H]1C[C@@H](CO)CO1. The number of ether oxygens (including phenoxy) is 2. The van der Waals surface area contributed by atoms with Crippen LogP contribution >= 0.6 is 0 Å². The molecule has 0 bridgehead atoms. The third kappa shape index (κ3) is 15.5. The lowest BCUT2D eigenvalue weighted by Gasteiger charge is -2.10. The van der Waals surface area contributed by atoms with Gasteiger partial charge in [-0.3, -0.25) is 0 Å². The number of hydrogen-bond acceptors (Lipinski definition) is 3. The van der Waals surface area contributed by atoms with Crippen molar-refractivity contribution in [1.29, 1.82) is 0 Å². The first-order valence-electron chi connectivity index (χ1n) is 12.2. The van der Waals surface area contributed by atoms with Crippen molar-refractivity contribution in [3.63, 3.8) is 0 Å². The monoisotopic (exact) mass is 384 g/mol. The highest BCUT2D eigenvalue weighted by molar-refractivity contribution is 4.72. The van der Waals surface area contributed by atoms with E-state index in [0.717, 1.165) is 13.0 Å². The van der Waals surface area contributed by atoms with Crippen molar-refractivity contribution in [1.82, 2.24) is 0 Å². The maximum absolute atomic E-state index is 9.09. The molecule has 0 aromatic heterocycles. The van der Waals surface area contributed by atoms with Crippen molar-refractivity contribution in [2.45, 2.75) is 122 Å². The number of aliphatic hydroxyl groups excluding tert-OH is 1. The molecular weight excluding hydrogens is 336 g/mol. The summed E-state index contributed by atoms with van der Waals surface area (Å²) in [6.07, 6.45) is 23.6. The van der Waals surface area contributed by atoms with Crippen LogP contribution in [0.25, 0.3) is 0 Å². The lowest BCUT2D eigenvalue weighted by molar-refractivity contribution is 0.0149. The van der Waals surface area contributed by atoms with Crippen molar-refractivity contribution < 1.29 is 14.6 Å². The Morgan fingerprint density at radius 1 is 0.741 bits per heavy atom. The molecule has 0 aliphatic carbocycles. The minimum atomic E-state index is 0.211. The van der Waals surface area contributed by atoms with Crippen LogP contribution in [0.5, 0.6) is 0 Å².